The maximum absolute atomic E-state index is 12.5. The van der Waals surface area contributed by atoms with Gasteiger partial charge in [-0.2, -0.15) is 0 Å². The summed E-state index contributed by atoms with van der Waals surface area (Å²) in [7, 11) is -1.11. The van der Waals surface area contributed by atoms with Gasteiger partial charge in [-0.3, -0.25) is 4.79 Å². The van der Waals surface area contributed by atoms with Gasteiger partial charge in [-0.1, -0.05) is 23.7 Å². The minimum atomic E-state index is -3.82. The molecule has 178 valence electrons. The van der Waals surface area contributed by atoms with Crippen molar-refractivity contribution in [3.05, 3.63) is 53.1 Å². The summed E-state index contributed by atoms with van der Waals surface area (Å²) in [5, 5.41) is 7.66. The summed E-state index contributed by atoms with van der Waals surface area (Å²) in [4.78, 5) is 36.5. The standard InChI is InChI=1S/C21H25ClN4O6S/c1-13(2)23-21(29)25-17-8-6-5-7-15(17)20(28)32-12-19(27)24-14-9-10-16(22)18(11-14)33(30,31)26(3)4/h5-11,13H,12H2,1-4H3,(H,24,27)(H2,23,25,29). The molecular weight excluding hydrogens is 472 g/mol. The van der Waals surface area contributed by atoms with Crippen LogP contribution in [0.1, 0.15) is 24.2 Å². The number of para-hydroxylation sites is 1. The first-order valence-corrected chi connectivity index (χ1v) is 11.6. The van der Waals surface area contributed by atoms with Gasteiger partial charge < -0.3 is 20.7 Å². The zero-order chi connectivity index (χ0) is 24.8. The van der Waals surface area contributed by atoms with E-state index in [4.69, 9.17) is 16.3 Å². The van der Waals surface area contributed by atoms with E-state index in [0.717, 1.165) is 4.31 Å². The van der Waals surface area contributed by atoms with Gasteiger partial charge in [0, 0.05) is 25.8 Å². The minimum Gasteiger partial charge on any atom is -0.452 e. The van der Waals surface area contributed by atoms with Crippen LogP contribution in [0.25, 0.3) is 0 Å². The lowest BCUT2D eigenvalue weighted by Crippen LogP contribution is -2.34. The number of ether oxygens (including phenoxy) is 1. The van der Waals surface area contributed by atoms with Crippen molar-refractivity contribution in [1.29, 1.82) is 0 Å². The molecule has 0 heterocycles. The highest BCUT2D eigenvalue weighted by Crippen LogP contribution is 2.26. The number of urea groups is 1. The highest BCUT2D eigenvalue weighted by Gasteiger charge is 2.22. The second-order valence-electron chi connectivity index (χ2n) is 7.36. The Balaban J connectivity index is 2.05. The fourth-order valence-corrected chi connectivity index (χ4v) is 3.97. The number of rotatable bonds is 8. The summed E-state index contributed by atoms with van der Waals surface area (Å²) in [6.45, 7) is 2.94. The van der Waals surface area contributed by atoms with Crippen molar-refractivity contribution < 1.29 is 27.5 Å². The monoisotopic (exact) mass is 496 g/mol. The predicted molar refractivity (Wildman–Crippen MR) is 125 cm³/mol. The lowest BCUT2D eigenvalue weighted by atomic mass is 10.2. The lowest BCUT2D eigenvalue weighted by Gasteiger charge is -2.14. The van der Waals surface area contributed by atoms with Gasteiger partial charge in [0.15, 0.2) is 6.61 Å². The van der Waals surface area contributed by atoms with Gasteiger partial charge in [-0.25, -0.2) is 22.3 Å². The van der Waals surface area contributed by atoms with Crippen LogP contribution in [0.4, 0.5) is 16.2 Å². The highest BCUT2D eigenvalue weighted by atomic mass is 35.5. The molecule has 33 heavy (non-hydrogen) atoms. The molecule has 12 heteroatoms. The number of carbonyl (C=O) groups is 3. The second kappa shape index (κ2) is 11.1. The largest absolute Gasteiger partial charge is 0.452 e. The molecule has 0 unspecified atom stereocenters. The molecule has 0 radical (unpaired) electrons. The first-order valence-electron chi connectivity index (χ1n) is 9.77. The molecule has 2 aromatic rings. The van der Waals surface area contributed by atoms with Crippen LogP contribution >= 0.6 is 11.6 Å². The topological polar surface area (TPSA) is 134 Å². The van der Waals surface area contributed by atoms with Crippen molar-refractivity contribution in [2.45, 2.75) is 24.8 Å². The van der Waals surface area contributed by atoms with Crippen LogP contribution in [0.15, 0.2) is 47.4 Å². The molecule has 3 N–H and O–H groups in total. The minimum absolute atomic E-state index is 0.00117. The molecule has 0 aliphatic rings. The van der Waals surface area contributed by atoms with Crippen LogP contribution in [-0.2, 0) is 19.6 Å². The van der Waals surface area contributed by atoms with E-state index >= 15 is 0 Å². The van der Waals surface area contributed by atoms with Gasteiger partial charge in [-0.15, -0.1) is 0 Å². The third-order valence-electron chi connectivity index (χ3n) is 4.12. The molecule has 0 fully saturated rings. The predicted octanol–water partition coefficient (Wildman–Crippen LogP) is 2.92. The van der Waals surface area contributed by atoms with Crippen LogP contribution in [0.5, 0.6) is 0 Å². The summed E-state index contributed by atoms with van der Waals surface area (Å²) >= 11 is 5.99. The SMILES string of the molecule is CC(C)NC(=O)Nc1ccccc1C(=O)OCC(=O)Nc1ccc(Cl)c(S(=O)(=O)N(C)C)c1. The van der Waals surface area contributed by atoms with E-state index in [-0.39, 0.29) is 32.9 Å². The fourth-order valence-electron chi connectivity index (χ4n) is 2.57. The summed E-state index contributed by atoms with van der Waals surface area (Å²) in [5.41, 5.74) is 0.445. The molecule has 10 nitrogen and oxygen atoms in total. The molecular formula is C21H25ClN4O6S. The third-order valence-corrected chi connectivity index (χ3v) is 6.42. The van der Waals surface area contributed by atoms with Crippen LogP contribution in [0, 0.1) is 0 Å². The normalized spacial score (nSPS) is 11.2. The molecule has 0 spiro atoms. The third kappa shape index (κ3) is 7.17. The van der Waals surface area contributed by atoms with E-state index in [1.165, 1.54) is 44.4 Å². The molecule has 0 atom stereocenters. The van der Waals surface area contributed by atoms with Gasteiger partial charge in [0.1, 0.15) is 4.90 Å². The number of carbonyl (C=O) groups excluding carboxylic acids is 3. The number of sulfonamides is 1. The van der Waals surface area contributed by atoms with Crippen molar-refractivity contribution in [1.82, 2.24) is 9.62 Å². The first kappa shape index (κ1) is 26.1. The Labute approximate surface area is 197 Å². The zero-order valence-electron chi connectivity index (χ0n) is 18.5. The van der Waals surface area contributed by atoms with Crippen molar-refractivity contribution in [3.63, 3.8) is 0 Å². The summed E-state index contributed by atoms with van der Waals surface area (Å²) in [6.07, 6.45) is 0. The van der Waals surface area contributed by atoms with Crippen molar-refractivity contribution in [2.75, 3.05) is 31.3 Å². The number of benzene rings is 2. The maximum Gasteiger partial charge on any atom is 0.340 e. The second-order valence-corrected chi connectivity index (χ2v) is 9.88. The molecule has 2 aromatic carbocycles. The van der Waals surface area contributed by atoms with Crippen LogP contribution < -0.4 is 16.0 Å². The van der Waals surface area contributed by atoms with Crippen LogP contribution in [-0.4, -0.2) is 57.4 Å². The number of halogens is 1. The molecule has 0 aliphatic carbocycles. The Hall–Kier alpha value is -3.15. The molecule has 0 bridgehead atoms. The van der Waals surface area contributed by atoms with Gasteiger partial charge in [0.05, 0.1) is 16.3 Å². The summed E-state index contributed by atoms with van der Waals surface area (Å²) in [6, 6.07) is 9.57. The number of nitrogens with one attached hydrogen (secondary N) is 3. The highest BCUT2D eigenvalue weighted by molar-refractivity contribution is 7.89. The Kier molecular flexibility index (Phi) is 8.80. The van der Waals surface area contributed by atoms with E-state index < -0.39 is 34.5 Å². The molecule has 0 aliphatic heterocycles. The smallest absolute Gasteiger partial charge is 0.340 e. The number of nitrogens with zero attached hydrogens (tertiary/aromatic N) is 1. The summed E-state index contributed by atoms with van der Waals surface area (Å²) in [5.74, 6) is -1.51. The van der Waals surface area contributed by atoms with Crippen LogP contribution in [0.2, 0.25) is 5.02 Å². The Bertz CT molecular complexity index is 1150. The molecule has 0 saturated heterocycles. The average molecular weight is 497 g/mol. The zero-order valence-corrected chi connectivity index (χ0v) is 20.1. The summed E-state index contributed by atoms with van der Waals surface area (Å²) < 4.78 is 30.8. The molecule has 2 rings (SSSR count). The van der Waals surface area contributed by atoms with Crippen molar-refractivity contribution >= 4 is 50.9 Å². The number of hydrogen-bond donors (Lipinski definition) is 3. The van der Waals surface area contributed by atoms with E-state index in [1.807, 2.05) is 0 Å². The van der Waals surface area contributed by atoms with Gasteiger partial charge >= 0.3 is 12.0 Å². The lowest BCUT2D eigenvalue weighted by molar-refractivity contribution is -0.119. The fraction of sp³-hybridized carbons (Fsp3) is 0.286. The Morgan fingerprint density at radius 3 is 2.36 bits per heavy atom. The number of anilines is 2. The van der Waals surface area contributed by atoms with Gasteiger partial charge in [-0.05, 0) is 44.2 Å². The molecule has 0 aromatic heterocycles. The molecule has 3 amide bonds. The quantitative estimate of drug-likeness (QED) is 0.481. The number of amides is 3. The van der Waals surface area contributed by atoms with Crippen molar-refractivity contribution in [3.8, 4) is 0 Å². The maximum atomic E-state index is 12.5. The van der Waals surface area contributed by atoms with E-state index in [2.05, 4.69) is 16.0 Å². The van der Waals surface area contributed by atoms with Gasteiger partial charge in [0.2, 0.25) is 10.0 Å². The van der Waals surface area contributed by atoms with Crippen LogP contribution in [0.3, 0.4) is 0 Å². The number of hydrogen-bond acceptors (Lipinski definition) is 6. The van der Waals surface area contributed by atoms with Crippen molar-refractivity contribution in [2.24, 2.45) is 0 Å². The van der Waals surface area contributed by atoms with E-state index in [9.17, 15) is 22.8 Å². The van der Waals surface area contributed by atoms with E-state index in [0.29, 0.717) is 0 Å². The van der Waals surface area contributed by atoms with E-state index in [1.54, 1.807) is 26.0 Å². The first-order chi connectivity index (χ1) is 15.4. The van der Waals surface area contributed by atoms with Gasteiger partial charge in [0.25, 0.3) is 5.91 Å². The number of esters is 1. The Morgan fingerprint density at radius 1 is 1.06 bits per heavy atom. The average Bonchev–Trinajstić information content (AvgIpc) is 2.73. The Morgan fingerprint density at radius 2 is 1.73 bits per heavy atom. The molecule has 0 saturated carbocycles.